The van der Waals surface area contributed by atoms with Gasteiger partial charge in [-0.05, 0) is 11.1 Å². The summed E-state index contributed by atoms with van der Waals surface area (Å²) in [5.41, 5.74) is 8.58. The monoisotopic (exact) mass is 377 g/mol. The molecule has 1 atom stereocenters. The lowest BCUT2D eigenvalue weighted by Crippen LogP contribution is -2.46. The maximum atomic E-state index is 12.5. The number of benzene rings is 2. The predicted octanol–water partition coefficient (Wildman–Crippen LogP) is 1.30. The molecule has 28 heavy (non-hydrogen) atoms. The predicted molar refractivity (Wildman–Crippen MR) is 106 cm³/mol. The number of nitrogens with zero attached hydrogens (tertiary/aromatic N) is 1. The summed E-state index contributed by atoms with van der Waals surface area (Å²) in [5, 5.41) is 5.57. The third-order valence-corrected chi connectivity index (χ3v) is 4.33. The van der Waals surface area contributed by atoms with Crippen LogP contribution in [0.4, 0.5) is 0 Å². The molecular weight excluding hydrogens is 354 g/mol. The second-order valence-corrected chi connectivity index (χ2v) is 6.43. The Bertz CT molecular complexity index is 842. The van der Waals surface area contributed by atoms with Gasteiger partial charge in [-0.1, -0.05) is 60.7 Å². The van der Waals surface area contributed by atoms with Crippen molar-refractivity contribution in [1.29, 1.82) is 0 Å². The Morgan fingerprint density at radius 1 is 1.00 bits per heavy atom. The number of H-pyrrole nitrogens is 1. The maximum Gasteiger partial charge on any atom is 0.240 e. The lowest BCUT2D eigenvalue weighted by atomic mass is 9.99. The molecule has 0 saturated heterocycles. The van der Waals surface area contributed by atoms with Crippen LogP contribution in [-0.4, -0.2) is 34.4 Å². The van der Waals surface area contributed by atoms with E-state index in [4.69, 9.17) is 5.73 Å². The van der Waals surface area contributed by atoms with E-state index >= 15 is 0 Å². The highest BCUT2D eigenvalue weighted by molar-refractivity contribution is 5.87. The lowest BCUT2D eigenvalue weighted by Gasteiger charge is -2.20. The Hall–Kier alpha value is -3.45. The summed E-state index contributed by atoms with van der Waals surface area (Å²) in [6, 6.07) is 18.3. The SMILES string of the molecule is N[C@@H](Cc1cnc[nH]1)C(=O)NCC(=O)NC(c1ccccc1)c1ccccc1. The number of nitrogens with one attached hydrogen (secondary N) is 3. The van der Waals surface area contributed by atoms with Gasteiger partial charge < -0.3 is 21.4 Å². The van der Waals surface area contributed by atoms with Crippen LogP contribution in [0.1, 0.15) is 22.9 Å². The first-order chi connectivity index (χ1) is 13.6. The summed E-state index contributed by atoms with van der Waals surface area (Å²) in [6.45, 7) is -0.147. The molecule has 0 aliphatic heterocycles. The Morgan fingerprint density at radius 3 is 2.14 bits per heavy atom. The number of hydrogen-bond donors (Lipinski definition) is 4. The number of amides is 2. The van der Waals surface area contributed by atoms with Crippen LogP contribution in [0.5, 0.6) is 0 Å². The number of rotatable bonds is 8. The van der Waals surface area contributed by atoms with Crippen LogP contribution in [0.15, 0.2) is 73.2 Å². The summed E-state index contributed by atoms with van der Waals surface area (Å²) in [6.07, 6.45) is 3.47. The van der Waals surface area contributed by atoms with Gasteiger partial charge in [-0.15, -0.1) is 0 Å². The molecule has 0 fully saturated rings. The molecule has 3 aromatic rings. The molecule has 0 spiro atoms. The first-order valence-corrected chi connectivity index (χ1v) is 9.03. The molecule has 0 bridgehead atoms. The third-order valence-electron chi connectivity index (χ3n) is 4.33. The fourth-order valence-corrected chi connectivity index (χ4v) is 2.89. The number of aromatic nitrogens is 2. The van der Waals surface area contributed by atoms with Crippen molar-refractivity contribution in [2.45, 2.75) is 18.5 Å². The highest BCUT2D eigenvalue weighted by Crippen LogP contribution is 2.21. The second kappa shape index (κ2) is 9.48. The normalized spacial score (nSPS) is 11.8. The summed E-state index contributed by atoms with van der Waals surface area (Å²) in [4.78, 5) is 31.4. The molecule has 0 radical (unpaired) electrons. The van der Waals surface area contributed by atoms with Crippen LogP contribution in [-0.2, 0) is 16.0 Å². The van der Waals surface area contributed by atoms with E-state index in [-0.39, 0.29) is 24.4 Å². The van der Waals surface area contributed by atoms with E-state index in [9.17, 15) is 9.59 Å². The Balaban J connectivity index is 1.59. The molecule has 0 aliphatic carbocycles. The van der Waals surface area contributed by atoms with Gasteiger partial charge in [-0.3, -0.25) is 9.59 Å². The number of imidazole rings is 1. The summed E-state index contributed by atoms with van der Waals surface area (Å²) in [5.74, 6) is -0.680. The van der Waals surface area contributed by atoms with E-state index < -0.39 is 6.04 Å². The van der Waals surface area contributed by atoms with Gasteiger partial charge in [0.2, 0.25) is 11.8 Å². The summed E-state index contributed by atoms with van der Waals surface area (Å²) in [7, 11) is 0. The average Bonchev–Trinajstić information content (AvgIpc) is 3.24. The van der Waals surface area contributed by atoms with Gasteiger partial charge in [0, 0.05) is 18.3 Å². The van der Waals surface area contributed by atoms with Crippen molar-refractivity contribution in [3.8, 4) is 0 Å². The molecule has 3 rings (SSSR count). The molecule has 2 aromatic carbocycles. The Kier molecular flexibility index (Phi) is 6.54. The van der Waals surface area contributed by atoms with Gasteiger partial charge >= 0.3 is 0 Å². The minimum atomic E-state index is -0.757. The molecular formula is C21H23N5O2. The van der Waals surface area contributed by atoms with Crippen molar-refractivity contribution in [3.63, 3.8) is 0 Å². The third kappa shape index (κ3) is 5.28. The number of carbonyl (C=O) groups excluding carboxylic acids is 2. The number of carbonyl (C=O) groups is 2. The van der Waals surface area contributed by atoms with E-state index in [0.717, 1.165) is 16.8 Å². The van der Waals surface area contributed by atoms with E-state index in [1.54, 1.807) is 6.20 Å². The van der Waals surface area contributed by atoms with E-state index in [1.807, 2.05) is 60.7 Å². The first-order valence-electron chi connectivity index (χ1n) is 9.03. The highest BCUT2D eigenvalue weighted by Gasteiger charge is 2.19. The maximum absolute atomic E-state index is 12.5. The number of nitrogens with two attached hydrogens (primary N) is 1. The summed E-state index contributed by atoms with van der Waals surface area (Å²) >= 11 is 0. The smallest absolute Gasteiger partial charge is 0.240 e. The zero-order valence-electron chi connectivity index (χ0n) is 15.3. The zero-order valence-corrected chi connectivity index (χ0v) is 15.3. The van der Waals surface area contributed by atoms with Gasteiger partial charge in [-0.2, -0.15) is 0 Å². The second-order valence-electron chi connectivity index (χ2n) is 6.43. The van der Waals surface area contributed by atoms with Crippen molar-refractivity contribution >= 4 is 11.8 Å². The van der Waals surface area contributed by atoms with E-state index in [0.29, 0.717) is 6.42 Å². The topological polar surface area (TPSA) is 113 Å². The zero-order chi connectivity index (χ0) is 19.8. The lowest BCUT2D eigenvalue weighted by molar-refractivity contribution is -0.127. The quantitative estimate of drug-likeness (QED) is 0.474. The molecule has 144 valence electrons. The molecule has 0 saturated carbocycles. The molecule has 2 amide bonds. The van der Waals surface area contributed by atoms with Crippen molar-refractivity contribution in [3.05, 3.63) is 90.0 Å². The van der Waals surface area contributed by atoms with Crippen molar-refractivity contribution in [2.24, 2.45) is 5.73 Å². The molecule has 0 unspecified atom stereocenters. The van der Waals surface area contributed by atoms with Gasteiger partial charge in [0.05, 0.1) is 25.0 Å². The first kappa shape index (κ1) is 19.3. The minimum Gasteiger partial charge on any atom is -0.348 e. The van der Waals surface area contributed by atoms with Crippen LogP contribution in [0.25, 0.3) is 0 Å². The van der Waals surface area contributed by atoms with Gasteiger partial charge in [0.25, 0.3) is 0 Å². The Labute approximate surface area is 163 Å². The van der Waals surface area contributed by atoms with Gasteiger partial charge in [-0.25, -0.2) is 4.98 Å². The summed E-state index contributed by atoms with van der Waals surface area (Å²) < 4.78 is 0. The Morgan fingerprint density at radius 2 is 1.61 bits per heavy atom. The van der Waals surface area contributed by atoms with Crippen LogP contribution in [0.2, 0.25) is 0 Å². The van der Waals surface area contributed by atoms with Crippen LogP contribution in [0, 0.1) is 0 Å². The fraction of sp³-hybridized carbons (Fsp3) is 0.190. The van der Waals surface area contributed by atoms with Crippen molar-refractivity contribution in [1.82, 2.24) is 20.6 Å². The van der Waals surface area contributed by atoms with Crippen LogP contribution < -0.4 is 16.4 Å². The standard InChI is InChI=1S/C21H23N5O2/c22-18(11-17-12-23-14-25-17)21(28)24-13-19(27)26-20(15-7-3-1-4-8-15)16-9-5-2-6-10-16/h1-10,12,14,18,20H,11,13,22H2,(H,23,25)(H,24,28)(H,26,27)/t18-/m0/s1. The minimum absolute atomic E-state index is 0.147. The molecule has 7 heteroatoms. The number of hydrogen-bond acceptors (Lipinski definition) is 4. The van der Waals surface area contributed by atoms with Gasteiger partial charge in [0.15, 0.2) is 0 Å². The van der Waals surface area contributed by atoms with E-state index in [1.165, 1.54) is 6.33 Å². The largest absolute Gasteiger partial charge is 0.348 e. The molecule has 0 aliphatic rings. The van der Waals surface area contributed by atoms with Gasteiger partial charge in [0.1, 0.15) is 0 Å². The molecule has 5 N–H and O–H groups in total. The fourth-order valence-electron chi connectivity index (χ4n) is 2.89. The number of aromatic amines is 1. The highest BCUT2D eigenvalue weighted by atomic mass is 16.2. The van der Waals surface area contributed by atoms with Crippen molar-refractivity contribution in [2.75, 3.05) is 6.54 Å². The molecule has 1 heterocycles. The van der Waals surface area contributed by atoms with Crippen LogP contribution >= 0.6 is 0 Å². The molecule has 7 nitrogen and oxygen atoms in total. The van der Waals surface area contributed by atoms with E-state index in [2.05, 4.69) is 20.6 Å². The molecule has 1 aromatic heterocycles. The van der Waals surface area contributed by atoms with Crippen molar-refractivity contribution < 1.29 is 9.59 Å². The average molecular weight is 377 g/mol. The van der Waals surface area contributed by atoms with Crippen LogP contribution in [0.3, 0.4) is 0 Å².